The molecule has 1 aliphatic rings. The fraction of sp³-hybridized carbons (Fsp3) is 0.500. The van der Waals surface area contributed by atoms with Crippen LogP contribution in [0, 0.1) is 5.82 Å². The number of hydrogen-bond acceptors (Lipinski definition) is 3. The molecule has 0 radical (unpaired) electrons. The molecule has 5 heteroatoms. The van der Waals surface area contributed by atoms with Gasteiger partial charge in [0.1, 0.15) is 5.82 Å². The summed E-state index contributed by atoms with van der Waals surface area (Å²) in [6.07, 6.45) is 4.16. The van der Waals surface area contributed by atoms with Gasteiger partial charge < -0.3 is 16.4 Å². The number of amides is 1. The van der Waals surface area contributed by atoms with Crippen molar-refractivity contribution in [2.45, 2.75) is 37.8 Å². The van der Waals surface area contributed by atoms with Crippen LogP contribution >= 0.6 is 0 Å². The van der Waals surface area contributed by atoms with Crippen molar-refractivity contribution in [3.63, 3.8) is 0 Å². The second kappa shape index (κ2) is 6.02. The van der Waals surface area contributed by atoms with Gasteiger partial charge in [0, 0.05) is 12.1 Å². The standard InChI is InChI=1S/C14H20FN3O/c1-17-9-5-7-10(8-6-9)18-12-4-2-3-11(15)13(12)14(16)19/h2-4,9-10,17-18H,5-8H2,1H3,(H2,16,19). The molecule has 1 aromatic rings. The number of nitrogens with two attached hydrogens (primary N) is 1. The number of nitrogens with one attached hydrogen (secondary N) is 2. The van der Waals surface area contributed by atoms with E-state index in [1.54, 1.807) is 12.1 Å². The molecule has 2 rings (SSSR count). The first kappa shape index (κ1) is 13.8. The molecule has 104 valence electrons. The minimum absolute atomic E-state index is 0.0433. The van der Waals surface area contributed by atoms with Crippen molar-refractivity contribution in [2.24, 2.45) is 5.73 Å². The van der Waals surface area contributed by atoms with E-state index in [9.17, 15) is 9.18 Å². The van der Waals surface area contributed by atoms with Crippen LogP contribution in [0.5, 0.6) is 0 Å². The minimum atomic E-state index is -0.732. The number of carbonyl (C=O) groups excluding carboxylic acids is 1. The van der Waals surface area contributed by atoms with Gasteiger partial charge in [0.05, 0.1) is 11.3 Å². The van der Waals surface area contributed by atoms with Crippen molar-refractivity contribution in [3.05, 3.63) is 29.6 Å². The van der Waals surface area contributed by atoms with E-state index in [-0.39, 0.29) is 11.6 Å². The van der Waals surface area contributed by atoms with Crippen molar-refractivity contribution < 1.29 is 9.18 Å². The van der Waals surface area contributed by atoms with Crippen molar-refractivity contribution >= 4 is 11.6 Å². The summed E-state index contributed by atoms with van der Waals surface area (Å²) in [5.41, 5.74) is 5.69. The molecular formula is C14H20FN3O. The zero-order valence-electron chi connectivity index (χ0n) is 11.1. The predicted molar refractivity (Wildman–Crippen MR) is 73.6 cm³/mol. The van der Waals surface area contributed by atoms with Gasteiger partial charge in [-0.05, 0) is 44.9 Å². The lowest BCUT2D eigenvalue weighted by Gasteiger charge is -2.30. The van der Waals surface area contributed by atoms with Crippen LogP contribution in [0.3, 0.4) is 0 Å². The van der Waals surface area contributed by atoms with Crippen LogP contribution in [0.1, 0.15) is 36.0 Å². The Labute approximate surface area is 112 Å². The molecule has 0 bridgehead atoms. The quantitative estimate of drug-likeness (QED) is 0.778. The zero-order valence-corrected chi connectivity index (χ0v) is 11.1. The molecule has 0 atom stereocenters. The summed E-state index contributed by atoms with van der Waals surface area (Å²) in [6, 6.07) is 5.37. The monoisotopic (exact) mass is 265 g/mol. The number of rotatable bonds is 4. The van der Waals surface area contributed by atoms with Gasteiger partial charge in [0.15, 0.2) is 0 Å². The molecule has 0 saturated heterocycles. The highest BCUT2D eigenvalue weighted by atomic mass is 19.1. The van der Waals surface area contributed by atoms with Crippen molar-refractivity contribution in [1.29, 1.82) is 0 Å². The number of anilines is 1. The Balaban J connectivity index is 2.08. The van der Waals surface area contributed by atoms with Crippen LogP contribution in [0.25, 0.3) is 0 Å². The molecular weight excluding hydrogens is 245 g/mol. The van der Waals surface area contributed by atoms with Crippen molar-refractivity contribution in [1.82, 2.24) is 5.32 Å². The van der Waals surface area contributed by atoms with Crippen LogP contribution in [0.2, 0.25) is 0 Å². The van der Waals surface area contributed by atoms with E-state index in [0.717, 1.165) is 25.7 Å². The molecule has 1 fully saturated rings. The number of carbonyl (C=O) groups is 1. The molecule has 0 aromatic heterocycles. The van der Waals surface area contributed by atoms with Gasteiger partial charge in [0.25, 0.3) is 5.91 Å². The Hall–Kier alpha value is -1.62. The molecule has 0 aliphatic heterocycles. The molecule has 1 saturated carbocycles. The smallest absolute Gasteiger partial charge is 0.253 e. The third kappa shape index (κ3) is 3.23. The Morgan fingerprint density at radius 2 is 1.89 bits per heavy atom. The molecule has 4 nitrogen and oxygen atoms in total. The summed E-state index contributed by atoms with van der Waals surface area (Å²) in [7, 11) is 1.97. The van der Waals surface area contributed by atoms with E-state index in [0.29, 0.717) is 11.7 Å². The zero-order chi connectivity index (χ0) is 13.8. The first-order valence-electron chi connectivity index (χ1n) is 6.64. The summed E-state index contributed by atoms with van der Waals surface area (Å²) in [6.45, 7) is 0. The number of halogens is 1. The molecule has 1 amide bonds. The summed E-state index contributed by atoms with van der Waals surface area (Å²) in [4.78, 5) is 11.3. The highest BCUT2D eigenvalue weighted by molar-refractivity contribution is 5.98. The summed E-state index contributed by atoms with van der Waals surface area (Å²) < 4.78 is 13.6. The maximum absolute atomic E-state index is 13.6. The molecule has 0 unspecified atom stereocenters. The Bertz CT molecular complexity index is 456. The van der Waals surface area contributed by atoms with Crippen molar-refractivity contribution in [3.8, 4) is 0 Å². The van der Waals surface area contributed by atoms with E-state index in [2.05, 4.69) is 10.6 Å². The third-order valence-electron chi connectivity index (χ3n) is 3.76. The molecule has 19 heavy (non-hydrogen) atoms. The first-order chi connectivity index (χ1) is 9.11. The van der Waals surface area contributed by atoms with Crippen LogP contribution < -0.4 is 16.4 Å². The Morgan fingerprint density at radius 1 is 1.26 bits per heavy atom. The van der Waals surface area contributed by atoms with Crippen LogP contribution in [0.4, 0.5) is 10.1 Å². The molecule has 1 aliphatic carbocycles. The number of benzene rings is 1. The highest BCUT2D eigenvalue weighted by Crippen LogP contribution is 2.25. The predicted octanol–water partition coefficient (Wildman–Crippen LogP) is 1.87. The second-order valence-electron chi connectivity index (χ2n) is 5.01. The molecule has 1 aromatic carbocycles. The normalized spacial score (nSPS) is 23.1. The lowest BCUT2D eigenvalue weighted by atomic mass is 9.91. The largest absolute Gasteiger partial charge is 0.382 e. The lowest BCUT2D eigenvalue weighted by molar-refractivity contribution is 0.0997. The highest BCUT2D eigenvalue weighted by Gasteiger charge is 2.22. The Kier molecular flexibility index (Phi) is 4.37. The SMILES string of the molecule is CNC1CCC(Nc2cccc(F)c2C(N)=O)CC1. The van der Waals surface area contributed by atoms with E-state index in [1.165, 1.54) is 6.07 Å². The average molecular weight is 265 g/mol. The van der Waals surface area contributed by atoms with Gasteiger partial charge in [-0.25, -0.2) is 4.39 Å². The molecule has 4 N–H and O–H groups in total. The van der Waals surface area contributed by atoms with Gasteiger partial charge in [-0.1, -0.05) is 6.07 Å². The fourth-order valence-corrected chi connectivity index (χ4v) is 2.64. The Morgan fingerprint density at radius 3 is 2.47 bits per heavy atom. The molecule has 0 spiro atoms. The van der Waals surface area contributed by atoms with E-state index < -0.39 is 11.7 Å². The van der Waals surface area contributed by atoms with E-state index in [1.807, 2.05) is 7.05 Å². The maximum atomic E-state index is 13.6. The summed E-state index contributed by atoms with van der Waals surface area (Å²) >= 11 is 0. The van der Waals surface area contributed by atoms with Gasteiger partial charge in [-0.2, -0.15) is 0 Å². The van der Waals surface area contributed by atoms with Gasteiger partial charge in [-0.15, -0.1) is 0 Å². The van der Waals surface area contributed by atoms with E-state index in [4.69, 9.17) is 5.73 Å². The first-order valence-corrected chi connectivity index (χ1v) is 6.64. The van der Waals surface area contributed by atoms with E-state index >= 15 is 0 Å². The number of primary amides is 1. The van der Waals surface area contributed by atoms with Crippen LogP contribution in [-0.2, 0) is 0 Å². The van der Waals surface area contributed by atoms with Gasteiger partial charge >= 0.3 is 0 Å². The van der Waals surface area contributed by atoms with Gasteiger partial charge in [-0.3, -0.25) is 4.79 Å². The minimum Gasteiger partial charge on any atom is -0.382 e. The summed E-state index contributed by atoms with van der Waals surface area (Å²) in [5.74, 6) is -1.30. The van der Waals surface area contributed by atoms with Crippen LogP contribution in [-0.4, -0.2) is 25.0 Å². The maximum Gasteiger partial charge on any atom is 0.253 e. The fourth-order valence-electron chi connectivity index (χ4n) is 2.64. The average Bonchev–Trinajstić information content (AvgIpc) is 2.39. The molecule has 0 heterocycles. The van der Waals surface area contributed by atoms with Crippen molar-refractivity contribution in [2.75, 3.05) is 12.4 Å². The lowest BCUT2D eigenvalue weighted by Crippen LogP contribution is -2.35. The number of hydrogen-bond donors (Lipinski definition) is 3. The van der Waals surface area contributed by atoms with Gasteiger partial charge in [0.2, 0.25) is 0 Å². The topological polar surface area (TPSA) is 67.2 Å². The second-order valence-corrected chi connectivity index (χ2v) is 5.01. The summed E-state index contributed by atoms with van der Waals surface area (Å²) in [5, 5.41) is 6.51. The van der Waals surface area contributed by atoms with Crippen LogP contribution in [0.15, 0.2) is 18.2 Å². The third-order valence-corrected chi connectivity index (χ3v) is 3.76.